The molecule has 2 aromatic rings. The highest BCUT2D eigenvalue weighted by atomic mass is 16.2. The third-order valence-corrected chi connectivity index (χ3v) is 4.53. The molecule has 0 saturated heterocycles. The van der Waals surface area contributed by atoms with Gasteiger partial charge in [0.25, 0.3) is 0 Å². The van der Waals surface area contributed by atoms with Gasteiger partial charge in [0.15, 0.2) is 0 Å². The zero-order valence-corrected chi connectivity index (χ0v) is 16.2. The van der Waals surface area contributed by atoms with E-state index in [-0.39, 0.29) is 5.91 Å². The van der Waals surface area contributed by atoms with Crippen LogP contribution in [-0.2, 0) is 10.2 Å². The predicted molar refractivity (Wildman–Crippen MR) is 105 cm³/mol. The van der Waals surface area contributed by atoms with Crippen molar-refractivity contribution in [2.45, 2.75) is 53.4 Å². The van der Waals surface area contributed by atoms with Crippen LogP contribution < -0.4 is 4.90 Å². The van der Waals surface area contributed by atoms with Crippen molar-refractivity contribution in [2.75, 3.05) is 11.9 Å². The predicted octanol–water partition coefficient (Wildman–Crippen LogP) is 5.72. The molecule has 1 atom stereocenters. The topological polar surface area (TPSA) is 20.3 Å². The van der Waals surface area contributed by atoms with E-state index < -0.39 is 5.41 Å². The number of carbonyl (C=O) groups excluding carboxylic acids is 1. The molecule has 0 spiro atoms. The number of anilines is 1. The van der Waals surface area contributed by atoms with Crippen LogP contribution in [-0.4, -0.2) is 13.0 Å². The minimum atomic E-state index is -0.531. The monoisotopic (exact) mass is 325 g/mol. The Kier molecular flexibility index (Phi) is 7.21. The van der Waals surface area contributed by atoms with Gasteiger partial charge in [-0.3, -0.25) is 4.79 Å². The van der Waals surface area contributed by atoms with Gasteiger partial charge in [-0.05, 0) is 36.1 Å². The second kappa shape index (κ2) is 8.68. The second-order valence-electron chi connectivity index (χ2n) is 5.46. The first-order valence-electron chi connectivity index (χ1n) is 9.06. The molecule has 0 fully saturated rings. The van der Waals surface area contributed by atoms with Crippen molar-refractivity contribution in [1.29, 1.82) is 0 Å². The molecule has 0 aliphatic carbocycles. The Balaban J connectivity index is 0.000000671. The number of aryl methyl sites for hydroxylation is 1. The molecule has 0 unspecified atom stereocenters. The lowest BCUT2D eigenvalue weighted by Gasteiger charge is -2.29. The molecule has 1 aliphatic heterocycles. The Morgan fingerprint density at radius 3 is 1.92 bits per heavy atom. The summed E-state index contributed by atoms with van der Waals surface area (Å²) in [6, 6.07) is 16.4. The summed E-state index contributed by atoms with van der Waals surface area (Å²) in [4.78, 5) is 14.8. The van der Waals surface area contributed by atoms with E-state index in [2.05, 4.69) is 32.0 Å². The van der Waals surface area contributed by atoms with Crippen LogP contribution in [0.2, 0.25) is 0 Å². The SMILES string of the molecule is CC.CC.CC[C@]1(c2ccccc2C)C(=O)N(C)c2ccccc21. The van der Waals surface area contributed by atoms with Crippen molar-refractivity contribution in [1.82, 2.24) is 0 Å². The average molecular weight is 325 g/mol. The Morgan fingerprint density at radius 2 is 1.38 bits per heavy atom. The molecule has 2 aromatic carbocycles. The lowest BCUT2D eigenvalue weighted by atomic mass is 9.72. The van der Waals surface area contributed by atoms with Crippen LogP contribution in [0.4, 0.5) is 5.69 Å². The first kappa shape index (κ1) is 20.0. The Morgan fingerprint density at radius 1 is 0.875 bits per heavy atom. The molecular weight excluding hydrogens is 294 g/mol. The van der Waals surface area contributed by atoms with Gasteiger partial charge >= 0.3 is 0 Å². The van der Waals surface area contributed by atoms with E-state index in [4.69, 9.17) is 0 Å². The van der Waals surface area contributed by atoms with Crippen molar-refractivity contribution < 1.29 is 4.79 Å². The van der Waals surface area contributed by atoms with Crippen LogP contribution in [0.25, 0.3) is 0 Å². The highest BCUT2D eigenvalue weighted by Gasteiger charge is 2.49. The summed E-state index contributed by atoms with van der Waals surface area (Å²) >= 11 is 0. The number of carbonyl (C=O) groups is 1. The molecule has 2 heteroatoms. The summed E-state index contributed by atoms with van der Waals surface area (Å²) in [6.07, 6.45) is 0.776. The molecule has 0 aromatic heterocycles. The van der Waals surface area contributed by atoms with Gasteiger partial charge in [-0.2, -0.15) is 0 Å². The normalized spacial score (nSPS) is 18.1. The number of hydrogen-bond donors (Lipinski definition) is 0. The standard InChI is InChI=1S/C18H19NO.2C2H6/c1-4-18(14-10-6-5-9-13(14)2)15-11-7-8-12-16(15)19(3)17(18)20;2*1-2/h5-12H,4H2,1-3H3;2*1-2H3/t18-;;/m1../s1. The summed E-state index contributed by atoms with van der Waals surface area (Å²) in [5.74, 6) is 0.176. The lowest BCUT2D eigenvalue weighted by molar-refractivity contribution is -0.121. The molecule has 1 heterocycles. The van der Waals surface area contributed by atoms with E-state index in [9.17, 15) is 4.79 Å². The maximum atomic E-state index is 13.0. The van der Waals surface area contributed by atoms with Gasteiger partial charge in [-0.1, -0.05) is 77.1 Å². The van der Waals surface area contributed by atoms with Crippen LogP contribution in [0.5, 0.6) is 0 Å². The first-order chi connectivity index (χ1) is 11.6. The molecule has 0 bridgehead atoms. The van der Waals surface area contributed by atoms with Gasteiger partial charge in [0, 0.05) is 12.7 Å². The molecule has 0 saturated carbocycles. The zero-order chi connectivity index (χ0) is 18.3. The van der Waals surface area contributed by atoms with Crippen molar-refractivity contribution in [3.8, 4) is 0 Å². The molecule has 3 rings (SSSR count). The van der Waals surface area contributed by atoms with Crippen molar-refractivity contribution >= 4 is 11.6 Å². The van der Waals surface area contributed by atoms with E-state index in [1.807, 2.05) is 65.1 Å². The van der Waals surface area contributed by atoms with E-state index in [0.717, 1.165) is 23.2 Å². The molecule has 24 heavy (non-hydrogen) atoms. The fourth-order valence-electron chi connectivity index (χ4n) is 3.48. The quantitative estimate of drug-likeness (QED) is 0.691. The largest absolute Gasteiger partial charge is 0.314 e. The average Bonchev–Trinajstić information content (AvgIpc) is 2.88. The molecule has 1 amide bonds. The van der Waals surface area contributed by atoms with Crippen LogP contribution in [0.15, 0.2) is 48.5 Å². The van der Waals surface area contributed by atoms with Crippen LogP contribution in [0.1, 0.15) is 57.7 Å². The number of likely N-dealkylation sites (N-methyl/N-ethyl adjacent to an activating group) is 1. The number of rotatable bonds is 2. The third kappa shape index (κ3) is 2.98. The number of fused-ring (bicyclic) bond motifs is 1. The molecule has 1 aliphatic rings. The Labute approximate surface area is 147 Å². The van der Waals surface area contributed by atoms with Gasteiger partial charge in [-0.15, -0.1) is 0 Å². The number of hydrogen-bond acceptors (Lipinski definition) is 1. The number of amides is 1. The van der Waals surface area contributed by atoms with Gasteiger partial charge in [0.1, 0.15) is 5.41 Å². The minimum Gasteiger partial charge on any atom is -0.314 e. The maximum absolute atomic E-state index is 13.0. The fraction of sp³-hybridized carbons (Fsp3) is 0.409. The van der Waals surface area contributed by atoms with Gasteiger partial charge < -0.3 is 4.90 Å². The lowest BCUT2D eigenvalue weighted by Crippen LogP contribution is -2.39. The molecular formula is C22H31NO. The fourth-order valence-corrected chi connectivity index (χ4v) is 3.48. The Bertz CT molecular complexity index is 677. The molecule has 0 N–H and O–H groups in total. The molecule has 130 valence electrons. The van der Waals surface area contributed by atoms with E-state index in [1.165, 1.54) is 5.56 Å². The third-order valence-electron chi connectivity index (χ3n) is 4.53. The summed E-state index contributed by atoms with van der Waals surface area (Å²) in [5, 5.41) is 0. The van der Waals surface area contributed by atoms with E-state index >= 15 is 0 Å². The summed E-state index contributed by atoms with van der Waals surface area (Å²) in [7, 11) is 1.87. The highest BCUT2D eigenvalue weighted by Crippen LogP contribution is 2.48. The van der Waals surface area contributed by atoms with Crippen molar-refractivity contribution in [2.24, 2.45) is 0 Å². The van der Waals surface area contributed by atoms with Gasteiger partial charge in [0.05, 0.1) is 0 Å². The van der Waals surface area contributed by atoms with Crippen molar-refractivity contribution in [3.63, 3.8) is 0 Å². The number of benzene rings is 2. The second-order valence-corrected chi connectivity index (χ2v) is 5.46. The maximum Gasteiger partial charge on any atom is 0.241 e. The van der Waals surface area contributed by atoms with E-state index in [0.29, 0.717) is 0 Å². The summed E-state index contributed by atoms with van der Waals surface area (Å²) < 4.78 is 0. The zero-order valence-electron chi connectivity index (χ0n) is 16.2. The summed E-state index contributed by atoms with van der Waals surface area (Å²) in [6.45, 7) is 12.2. The van der Waals surface area contributed by atoms with E-state index in [1.54, 1.807) is 4.90 Å². The van der Waals surface area contributed by atoms with Gasteiger partial charge in [-0.25, -0.2) is 0 Å². The highest BCUT2D eigenvalue weighted by molar-refractivity contribution is 6.10. The van der Waals surface area contributed by atoms with Crippen molar-refractivity contribution in [3.05, 3.63) is 65.2 Å². The first-order valence-corrected chi connectivity index (χ1v) is 9.06. The number of nitrogens with zero attached hydrogens (tertiary/aromatic N) is 1. The summed E-state index contributed by atoms with van der Waals surface area (Å²) in [5.41, 5.74) is 3.93. The number of para-hydroxylation sites is 1. The minimum absolute atomic E-state index is 0.176. The van der Waals surface area contributed by atoms with Crippen LogP contribution >= 0.6 is 0 Å². The molecule has 0 radical (unpaired) electrons. The Hall–Kier alpha value is -2.09. The molecule has 2 nitrogen and oxygen atoms in total. The van der Waals surface area contributed by atoms with Gasteiger partial charge in [0.2, 0.25) is 5.91 Å². The van der Waals surface area contributed by atoms with Crippen LogP contribution in [0, 0.1) is 6.92 Å². The smallest absolute Gasteiger partial charge is 0.241 e. The van der Waals surface area contributed by atoms with Crippen LogP contribution in [0.3, 0.4) is 0 Å².